The molecule has 0 spiro atoms. The Balaban J connectivity index is 1.57. The van der Waals surface area contributed by atoms with Crippen LogP contribution in [-0.4, -0.2) is 16.7 Å². The fourth-order valence-corrected chi connectivity index (χ4v) is 3.06. The van der Waals surface area contributed by atoms with E-state index in [2.05, 4.69) is 31.4 Å². The van der Waals surface area contributed by atoms with Crippen molar-refractivity contribution in [2.45, 2.75) is 26.2 Å². The summed E-state index contributed by atoms with van der Waals surface area (Å²) in [5.74, 6) is -0.593. The van der Waals surface area contributed by atoms with Gasteiger partial charge in [-0.15, -0.1) is 0 Å². The van der Waals surface area contributed by atoms with Crippen LogP contribution in [0.1, 0.15) is 42.3 Å². The number of nitrogens with zero attached hydrogens (tertiary/aromatic N) is 1. The molecule has 0 saturated heterocycles. The molecule has 2 amide bonds. The van der Waals surface area contributed by atoms with E-state index in [1.807, 2.05) is 12.1 Å². The number of nitro groups is 1. The number of rotatable bonds is 6. The van der Waals surface area contributed by atoms with E-state index < -0.39 is 4.92 Å². The molecular formula is C26H25N3O4. The lowest BCUT2D eigenvalue weighted by Gasteiger charge is -2.19. The van der Waals surface area contributed by atoms with Crippen LogP contribution >= 0.6 is 0 Å². The maximum Gasteiger partial charge on any atom is 0.270 e. The van der Waals surface area contributed by atoms with Gasteiger partial charge in [-0.1, -0.05) is 45.0 Å². The second kappa shape index (κ2) is 9.91. The molecule has 0 radical (unpaired) electrons. The highest BCUT2D eigenvalue weighted by Crippen LogP contribution is 2.23. The van der Waals surface area contributed by atoms with E-state index in [0.29, 0.717) is 22.5 Å². The summed E-state index contributed by atoms with van der Waals surface area (Å²) in [6.07, 6.45) is 2.80. The monoisotopic (exact) mass is 443 g/mol. The van der Waals surface area contributed by atoms with Gasteiger partial charge in [-0.25, -0.2) is 0 Å². The maximum absolute atomic E-state index is 12.5. The second-order valence-electron chi connectivity index (χ2n) is 8.53. The lowest BCUT2D eigenvalue weighted by Crippen LogP contribution is -2.14. The van der Waals surface area contributed by atoms with Crippen LogP contribution in [0.3, 0.4) is 0 Å². The van der Waals surface area contributed by atoms with Crippen molar-refractivity contribution < 1.29 is 14.5 Å². The minimum absolute atomic E-state index is 0.0174. The SMILES string of the molecule is CC(C)(C)c1ccc(C(=O)Nc2ccc(NC(=O)/C=C/c3cccc([N+](=O)[O-])c3)cc2)cc1. The van der Waals surface area contributed by atoms with Crippen LogP contribution in [0, 0.1) is 10.1 Å². The summed E-state index contributed by atoms with van der Waals surface area (Å²) in [5.41, 5.74) is 3.39. The van der Waals surface area contributed by atoms with Crippen LogP contribution in [0.4, 0.5) is 17.1 Å². The molecule has 3 aromatic rings. The molecule has 2 N–H and O–H groups in total. The number of hydrogen-bond acceptors (Lipinski definition) is 4. The molecule has 168 valence electrons. The molecule has 0 aromatic heterocycles. The van der Waals surface area contributed by atoms with Crippen molar-refractivity contribution in [1.29, 1.82) is 0 Å². The number of non-ortho nitro benzene ring substituents is 1. The van der Waals surface area contributed by atoms with E-state index >= 15 is 0 Å². The number of nitrogens with one attached hydrogen (secondary N) is 2. The number of anilines is 2. The smallest absolute Gasteiger partial charge is 0.270 e. The van der Waals surface area contributed by atoms with Gasteiger partial charge in [-0.3, -0.25) is 19.7 Å². The molecule has 0 unspecified atom stereocenters. The summed E-state index contributed by atoms with van der Waals surface area (Å²) in [6, 6.07) is 20.3. The van der Waals surface area contributed by atoms with Crippen molar-refractivity contribution in [3.8, 4) is 0 Å². The Hall–Kier alpha value is -4.26. The molecule has 0 fully saturated rings. The van der Waals surface area contributed by atoms with E-state index in [4.69, 9.17) is 0 Å². The van der Waals surface area contributed by atoms with E-state index in [1.165, 1.54) is 24.3 Å². The summed E-state index contributed by atoms with van der Waals surface area (Å²) in [5, 5.41) is 16.4. The highest BCUT2D eigenvalue weighted by Gasteiger charge is 2.14. The highest BCUT2D eigenvalue weighted by atomic mass is 16.6. The van der Waals surface area contributed by atoms with Gasteiger partial charge in [0.15, 0.2) is 0 Å². The van der Waals surface area contributed by atoms with Gasteiger partial charge in [-0.05, 0) is 59.0 Å². The number of carbonyl (C=O) groups excluding carboxylic acids is 2. The Bertz CT molecular complexity index is 1190. The molecule has 0 atom stereocenters. The largest absolute Gasteiger partial charge is 0.323 e. The molecule has 0 aliphatic rings. The predicted octanol–water partition coefficient (Wildman–Crippen LogP) is 5.80. The second-order valence-corrected chi connectivity index (χ2v) is 8.53. The van der Waals surface area contributed by atoms with Crippen LogP contribution in [0.2, 0.25) is 0 Å². The zero-order valence-corrected chi connectivity index (χ0v) is 18.7. The topological polar surface area (TPSA) is 101 Å². The van der Waals surface area contributed by atoms with Crippen molar-refractivity contribution >= 4 is 35.0 Å². The van der Waals surface area contributed by atoms with Gasteiger partial charge in [0.25, 0.3) is 11.6 Å². The van der Waals surface area contributed by atoms with Crippen molar-refractivity contribution in [1.82, 2.24) is 0 Å². The summed E-state index contributed by atoms with van der Waals surface area (Å²) in [4.78, 5) is 35.0. The van der Waals surface area contributed by atoms with Crippen LogP contribution in [0.25, 0.3) is 6.08 Å². The first kappa shape index (κ1) is 23.4. The van der Waals surface area contributed by atoms with Gasteiger partial charge >= 0.3 is 0 Å². The van der Waals surface area contributed by atoms with E-state index in [-0.39, 0.29) is 22.9 Å². The van der Waals surface area contributed by atoms with Gasteiger partial charge < -0.3 is 10.6 Å². The zero-order valence-electron chi connectivity index (χ0n) is 18.7. The molecule has 0 saturated carbocycles. The van der Waals surface area contributed by atoms with Gasteiger partial charge in [0, 0.05) is 35.1 Å². The number of nitro benzene ring substituents is 1. The van der Waals surface area contributed by atoms with Crippen LogP contribution < -0.4 is 10.6 Å². The summed E-state index contributed by atoms with van der Waals surface area (Å²) in [7, 11) is 0. The summed E-state index contributed by atoms with van der Waals surface area (Å²) >= 11 is 0. The van der Waals surface area contributed by atoms with Gasteiger partial charge in [0.05, 0.1) is 4.92 Å². The van der Waals surface area contributed by atoms with Crippen molar-refractivity contribution in [2.24, 2.45) is 0 Å². The average molecular weight is 444 g/mol. The highest BCUT2D eigenvalue weighted by molar-refractivity contribution is 6.05. The first-order chi connectivity index (χ1) is 15.6. The van der Waals surface area contributed by atoms with Gasteiger partial charge in [0.1, 0.15) is 0 Å². The summed E-state index contributed by atoms with van der Waals surface area (Å²) in [6.45, 7) is 6.35. The molecule has 3 rings (SSSR count). The Morgan fingerprint density at radius 3 is 2.06 bits per heavy atom. The maximum atomic E-state index is 12.5. The Morgan fingerprint density at radius 2 is 1.48 bits per heavy atom. The van der Waals surface area contributed by atoms with E-state index in [1.54, 1.807) is 48.5 Å². The standard InChI is InChI=1S/C26H25N3O4/c1-26(2,3)20-10-8-19(9-11-20)25(31)28-22-14-12-21(13-15-22)27-24(30)16-7-18-5-4-6-23(17-18)29(32)33/h4-17H,1-3H3,(H,27,30)(H,28,31)/b16-7+. The van der Waals surface area contributed by atoms with Crippen LogP contribution in [0.15, 0.2) is 78.9 Å². The summed E-state index contributed by atoms with van der Waals surface area (Å²) < 4.78 is 0. The molecule has 0 heterocycles. The fraction of sp³-hybridized carbons (Fsp3) is 0.154. The number of carbonyl (C=O) groups is 2. The van der Waals surface area contributed by atoms with Crippen LogP contribution in [-0.2, 0) is 10.2 Å². The number of amides is 2. The first-order valence-electron chi connectivity index (χ1n) is 10.4. The zero-order chi connectivity index (χ0) is 24.0. The molecule has 0 aliphatic heterocycles. The molecule has 7 nitrogen and oxygen atoms in total. The quantitative estimate of drug-likeness (QED) is 0.286. The first-order valence-corrected chi connectivity index (χ1v) is 10.4. The van der Waals surface area contributed by atoms with Gasteiger partial charge in [-0.2, -0.15) is 0 Å². The normalized spacial score (nSPS) is 11.2. The number of benzene rings is 3. The minimum Gasteiger partial charge on any atom is -0.323 e. The predicted molar refractivity (Wildman–Crippen MR) is 130 cm³/mol. The Morgan fingerprint density at radius 1 is 0.879 bits per heavy atom. The Labute approximate surface area is 192 Å². The van der Waals surface area contributed by atoms with Crippen molar-refractivity contribution in [3.63, 3.8) is 0 Å². The molecule has 3 aromatic carbocycles. The molecular weight excluding hydrogens is 418 g/mol. The lowest BCUT2D eigenvalue weighted by atomic mass is 9.87. The van der Waals surface area contributed by atoms with E-state index in [0.717, 1.165) is 5.56 Å². The van der Waals surface area contributed by atoms with Gasteiger partial charge in [0.2, 0.25) is 5.91 Å². The average Bonchev–Trinajstić information content (AvgIpc) is 2.78. The van der Waals surface area contributed by atoms with Crippen molar-refractivity contribution in [2.75, 3.05) is 10.6 Å². The number of hydrogen-bond donors (Lipinski definition) is 2. The minimum atomic E-state index is -0.487. The Kier molecular flexibility index (Phi) is 7.03. The molecule has 0 aliphatic carbocycles. The third kappa shape index (κ3) is 6.61. The van der Waals surface area contributed by atoms with E-state index in [9.17, 15) is 19.7 Å². The third-order valence-electron chi connectivity index (χ3n) is 4.93. The van der Waals surface area contributed by atoms with Crippen molar-refractivity contribution in [3.05, 3.63) is 106 Å². The molecule has 0 bridgehead atoms. The molecule has 7 heteroatoms. The van der Waals surface area contributed by atoms with Crippen LogP contribution in [0.5, 0.6) is 0 Å². The lowest BCUT2D eigenvalue weighted by molar-refractivity contribution is -0.384. The third-order valence-corrected chi connectivity index (χ3v) is 4.93. The fourth-order valence-electron chi connectivity index (χ4n) is 3.06. The molecule has 33 heavy (non-hydrogen) atoms.